The third-order valence-electron chi connectivity index (χ3n) is 6.76. The summed E-state index contributed by atoms with van der Waals surface area (Å²) < 4.78 is 27.4. The van der Waals surface area contributed by atoms with Gasteiger partial charge in [0.25, 0.3) is 0 Å². The zero-order chi connectivity index (χ0) is 24.3. The lowest BCUT2D eigenvalue weighted by Crippen LogP contribution is -2.52. The summed E-state index contributed by atoms with van der Waals surface area (Å²) in [6.07, 6.45) is 3.00. The summed E-state index contributed by atoms with van der Waals surface area (Å²) in [6, 6.07) is 12.4. The van der Waals surface area contributed by atoms with Crippen LogP contribution in [-0.2, 0) is 21.4 Å². The average Bonchev–Trinajstić information content (AvgIpc) is 2.78. The van der Waals surface area contributed by atoms with Crippen LogP contribution in [0.5, 0.6) is 0 Å². The van der Waals surface area contributed by atoms with Crippen LogP contribution in [0.25, 0.3) is 0 Å². The molecule has 2 aromatic carbocycles. The summed E-state index contributed by atoms with van der Waals surface area (Å²) in [7, 11) is -3.58. The molecule has 182 valence electrons. The first-order chi connectivity index (χ1) is 16.2. The quantitative estimate of drug-likeness (QED) is 0.658. The number of sulfonamides is 1. The van der Waals surface area contributed by atoms with E-state index in [4.69, 9.17) is 0 Å². The second kappa shape index (κ2) is 10.1. The molecular formula is C25H32N4O4S. The molecule has 0 bridgehead atoms. The monoisotopic (exact) mass is 484 g/mol. The lowest BCUT2D eigenvalue weighted by atomic mass is 9.85. The molecule has 2 fully saturated rings. The van der Waals surface area contributed by atoms with Gasteiger partial charge in [-0.1, -0.05) is 24.6 Å². The van der Waals surface area contributed by atoms with Gasteiger partial charge in [-0.25, -0.2) is 13.2 Å². The van der Waals surface area contributed by atoms with Crippen LogP contribution in [0, 0.1) is 19.8 Å². The number of nitrogens with zero attached hydrogens (tertiary/aromatic N) is 2. The number of hydrogen-bond acceptors (Lipinski definition) is 4. The van der Waals surface area contributed by atoms with E-state index in [0.29, 0.717) is 19.6 Å². The molecule has 1 aliphatic heterocycles. The van der Waals surface area contributed by atoms with Crippen molar-refractivity contribution in [3.8, 4) is 0 Å². The van der Waals surface area contributed by atoms with Crippen LogP contribution in [0.1, 0.15) is 36.0 Å². The molecule has 0 aromatic heterocycles. The average molecular weight is 485 g/mol. The van der Waals surface area contributed by atoms with Gasteiger partial charge in [-0.05, 0) is 67.6 Å². The number of hydrogen-bond donors (Lipinski definition) is 2. The first kappa shape index (κ1) is 24.2. The number of rotatable bonds is 6. The molecule has 3 amide bonds. The Morgan fingerprint density at radius 3 is 2.35 bits per heavy atom. The molecule has 2 aromatic rings. The summed E-state index contributed by atoms with van der Waals surface area (Å²) in [5.74, 6) is 0.168. The van der Waals surface area contributed by atoms with Gasteiger partial charge in [0.1, 0.15) is 0 Å². The van der Waals surface area contributed by atoms with Crippen LogP contribution in [-0.4, -0.2) is 55.7 Å². The Balaban J connectivity index is 1.28. The number of carbonyl (C=O) groups is 2. The van der Waals surface area contributed by atoms with Crippen molar-refractivity contribution in [1.29, 1.82) is 0 Å². The van der Waals surface area contributed by atoms with E-state index in [1.165, 1.54) is 4.31 Å². The summed E-state index contributed by atoms with van der Waals surface area (Å²) in [6.45, 7) is 5.34. The number of aryl methyl sites for hydroxylation is 2. The van der Waals surface area contributed by atoms with E-state index in [9.17, 15) is 18.0 Å². The molecule has 0 radical (unpaired) electrons. The Morgan fingerprint density at radius 2 is 1.71 bits per heavy atom. The van der Waals surface area contributed by atoms with Gasteiger partial charge in [-0.2, -0.15) is 4.31 Å². The van der Waals surface area contributed by atoms with Gasteiger partial charge in [-0.15, -0.1) is 0 Å². The second-order valence-electron chi connectivity index (χ2n) is 9.11. The van der Waals surface area contributed by atoms with Crippen LogP contribution >= 0.6 is 0 Å². The van der Waals surface area contributed by atoms with E-state index in [0.717, 1.165) is 41.6 Å². The predicted octanol–water partition coefficient (Wildman–Crippen LogP) is 3.26. The summed E-state index contributed by atoms with van der Waals surface area (Å²) in [5.41, 5.74) is 3.60. The van der Waals surface area contributed by atoms with Crippen molar-refractivity contribution in [3.05, 3.63) is 59.2 Å². The van der Waals surface area contributed by atoms with E-state index in [-0.39, 0.29) is 35.8 Å². The molecule has 4 rings (SSSR count). The fourth-order valence-corrected chi connectivity index (χ4v) is 5.63. The van der Waals surface area contributed by atoms with Gasteiger partial charge >= 0.3 is 6.03 Å². The maximum atomic E-state index is 13.0. The molecule has 0 atom stereocenters. The minimum atomic E-state index is -3.58. The van der Waals surface area contributed by atoms with E-state index in [1.807, 2.05) is 44.2 Å². The molecule has 1 heterocycles. The normalized spacial score (nSPS) is 17.2. The highest BCUT2D eigenvalue weighted by atomic mass is 32.2. The van der Waals surface area contributed by atoms with Gasteiger partial charge in [0.05, 0.1) is 4.90 Å². The Morgan fingerprint density at radius 1 is 0.971 bits per heavy atom. The zero-order valence-corrected chi connectivity index (χ0v) is 20.5. The third kappa shape index (κ3) is 5.42. The molecule has 0 unspecified atom stereocenters. The van der Waals surface area contributed by atoms with E-state index in [1.54, 1.807) is 17.0 Å². The van der Waals surface area contributed by atoms with Crippen molar-refractivity contribution >= 4 is 27.6 Å². The van der Waals surface area contributed by atoms with Crippen LogP contribution in [0.2, 0.25) is 0 Å². The Hall–Kier alpha value is -2.91. The lowest BCUT2D eigenvalue weighted by molar-refractivity contribution is -0.122. The van der Waals surface area contributed by atoms with E-state index < -0.39 is 10.0 Å². The minimum Gasteiger partial charge on any atom is -0.334 e. The number of benzene rings is 2. The number of urea groups is 1. The molecule has 2 aliphatic rings. The maximum Gasteiger partial charge on any atom is 0.317 e. The standard InChI is InChI=1S/C25H32N4O4S/c1-18-9-10-23(15-19(18)2)34(32,33)29-13-11-28(12-14-29)25(31)26-17-20-5-3-8-22(16-20)27-24(30)21-6-4-7-21/h3,5,8-10,15-16,21H,4,6-7,11-14,17H2,1-2H3,(H,26,31)(H,27,30). The molecule has 2 N–H and O–H groups in total. The summed E-state index contributed by atoms with van der Waals surface area (Å²) in [5, 5.41) is 5.85. The van der Waals surface area contributed by atoms with Gasteiger partial charge in [0.15, 0.2) is 0 Å². The summed E-state index contributed by atoms with van der Waals surface area (Å²) >= 11 is 0. The summed E-state index contributed by atoms with van der Waals surface area (Å²) in [4.78, 5) is 26.7. The van der Waals surface area contributed by atoms with Crippen molar-refractivity contribution in [2.75, 3.05) is 31.5 Å². The lowest BCUT2D eigenvalue weighted by Gasteiger charge is -2.34. The fraction of sp³-hybridized carbons (Fsp3) is 0.440. The molecule has 9 heteroatoms. The van der Waals surface area contributed by atoms with Gasteiger partial charge in [0, 0.05) is 44.3 Å². The van der Waals surface area contributed by atoms with Crippen molar-refractivity contribution in [1.82, 2.24) is 14.5 Å². The minimum absolute atomic E-state index is 0.0565. The molecule has 1 saturated heterocycles. The SMILES string of the molecule is Cc1ccc(S(=O)(=O)N2CCN(C(=O)NCc3cccc(NC(=O)C4CCC4)c3)CC2)cc1C. The van der Waals surface area contributed by atoms with Crippen molar-refractivity contribution in [2.24, 2.45) is 5.92 Å². The van der Waals surface area contributed by atoms with Crippen LogP contribution in [0.3, 0.4) is 0 Å². The molecule has 0 spiro atoms. The largest absolute Gasteiger partial charge is 0.334 e. The van der Waals surface area contributed by atoms with Crippen LogP contribution in [0.15, 0.2) is 47.4 Å². The number of amides is 3. The van der Waals surface area contributed by atoms with E-state index >= 15 is 0 Å². The van der Waals surface area contributed by atoms with Gasteiger partial charge < -0.3 is 15.5 Å². The highest BCUT2D eigenvalue weighted by molar-refractivity contribution is 7.89. The third-order valence-corrected chi connectivity index (χ3v) is 8.65. The van der Waals surface area contributed by atoms with E-state index in [2.05, 4.69) is 10.6 Å². The topological polar surface area (TPSA) is 98.8 Å². The van der Waals surface area contributed by atoms with Crippen molar-refractivity contribution in [2.45, 2.75) is 44.6 Å². The molecule has 34 heavy (non-hydrogen) atoms. The predicted molar refractivity (Wildman–Crippen MR) is 131 cm³/mol. The molecule has 8 nitrogen and oxygen atoms in total. The Kier molecular flexibility index (Phi) is 7.23. The fourth-order valence-electron chi connectivity index (χ4n) is 4.12. The number of piperazine rings is 1. The molecule has 1 saturated carbocycles. The zero-order valence-electron chi connectivity index (χ0n) is 19.7. The van der Waals surface area contributed by atoms with Gasteiger partial charge in [0.2, 0.25) is 15.9 Å². The van der Waals surface area contributed by atoms with Crippen molar-refractivity contribution < 1.29 is 18.0 Å². The number of nitrogens with one attached hydrogen (secondary N) is 2. The first-order valence-electron chi connectivity index (χ1n) is 11.7. The maximum absolute atomic E-state index is 13.0. The van der Waals surface area contributed by atoms with Crippen LogP contribution in [0.4, 0.5) is 10.5 Å². The highest BCUT2D eigenvalue weighted by Gasteiger charge is 2.30. The number of anilines is 1. The smallest absolute Gasteiger partial charge is 0.317 e. The first-order valence-corrected chi connectivity index (χ1v) is 13.2. The molecule has 1 aliphatic carbocycles. The van der Waals surface area contributed by atoms with Crippen molar-refractivity contribution in [3.63, 3.8) is 0 Å². The Labute approximate surface area is 201 Å². The second-order valence-corrected chi connectivity index (χ2v) is 11.1. The van der Waals surface area contributed by atoms with Crippen LogP contribution < -0.4 is 10.6 Å². The molecular weight excluding hydrogens is 452 g/mol. The Bertz CT molecular complexity index is 1170. The highest BCUT2D eigenvalue weighted by Crippen LogP contribution is 2.27. The van der Waals surface area contributed by atoms with Gasteiger partial charge in [-0.3, -0.25) is 4.79 Å². The number of carbonyl (C=O) groups excluding carboxylic acids is 2.